The summed E-state index contributed by atoms with van der Waals surface area (Å²) in [6, 6.07) is 8.79. The Morgan fingerprint density at radius 2 is 1.79 bits per heavy atom. The van der Waals surface area contributed by atoms with Crippen molar-refractivity contribution in [1.29, 1.82) is 0 Å². The lowest BCUT2D eigenvalue weighted by atomic mass is 9.82. The molecule has 2 aromatic rings. The van der Waals surface area contributed by atoms with Crippen LogP contribution in [0.1, 0.15) is 42.5 Å². The van der Waals surface area contributed by atoms with E-state index >= 15 is 0 Å². The summed E-state index contributed by atoms with van der Waals surface area (Å²) in [5.41, 5.74) is 0.212. The van der Waals surface area contributed by atoms with Crippen LogP contribution < -0.4 is 19.5 Å². The maximum Gasteiger partial charge on any atom is 0.224 e. The zero-order chi connectivity index (χ0) is 24.3. The number of ether oxygens (including phenoxy) is 3. The first-order chi connectivity index (χ1) is 16.3. The number of fused-ring (bicyclic) bond motifs is 1. The second-order valence-electron chi connectivity index (χ2n) is 8.52. The molecule has 2 heterocycles. The molecule has 2 aromatic carbocycles. The van der Waals surface area contributed by atoms with Gasteiger partial charge in [0.25, 0.3) is 0 Å². The summed E-state index contributed by atoms with van der Waals surface area (Å²) in [6.45, 7) is 0.865. The van der Waals surface area contributed by atoms with E-state index in [1.807, 2.05) is 0 Å². The van der Waals surface area contributed by atoms with Crippen molar-refractivity contribution in [3.05, 3.63) is 47.8 Å². The summed E-state index contributed by atoms with van der Waals surface area (Å²) in [6.07, 6.45) is 1.32. The number of likely N-dealkylation sites (tertiary alicyclic amines) is 1. The van der Waals surface area contributed by atoms with Gasteiger partial charge < -0.3 is 24.4 Å². The van der Waals surface area contributed by atoms with Gasteiger partial charge in [-0.3, -0.25) is 14.4 Å². The highest BCUT2D eigenvalue weighted by atomic mass is 19.1. The Labute approximate surface area is 197 Å². The van der Waals surface area contributed by atoms with Crippen molar-refractivity contribution >= 4 is 23.3 Å². The molecule has 0 aromatic heterocycles. The third-order valence-corrected chi connectivity index (χ3v) is 6.30. The molecular weight excluding hydrogens is 443 g/mol. The van der Waals surface area contributed by atoms with E-state index in [1.54, 1.807) is 17.0 Å². The van der Waals surface area contributed by atoms with Crippen LogP contribution in [0.25, 0.3) is 0 Å². The van der Waals surface area contributed by atoms with Gasteiger partial charge in [0.1, 0.15) is 34.2 Å². The minimum absolute atomic E-state index is 0.0276. The van der Waals surface area contributed by atoms with Crippen molar-refractivity contribution in [3.8, 4) is 17.2 Å². The molecule has 1 spiro atoms. The SMILES string of the molecule is COc1cc(OC)c2c(c1)OC1(CCN(C(=O)CCC(=O)Nc3ccc(F)cc3)CC1)CC2=O. The van der Waals surface area contributed by atoms with Crippen LogP contribution >= 0.6 is 0 Å². The number of ketones is 1. The van der Waals surface area contributed by atoms with Crippen LogP contribution in [0.4, 0.5) is 10.1 Å². The average Bonchev–Trinajstić information content (AvgIpc) is 2.83. The molecule has 1 fully saturated rings. The highest BCUT2D eigenvalue weighted by molar-refractivity contribution is 6.03. The van der Waals surface area contributed by atoms with Crippen LogP contribution in [-0.2, 0) is 9.59 Å². The maximum absolute atomic E-state index is 13.0. The number of anilines is 1. The van der Waals surface area contributed by atoms with Gasteiger partial charge in [-0.15, -0.1) is 0 Å². The number of nitrogens with zero attached hydrogens (tertiary/aromatic N) is 1. The number of piperidine rings is 1. The van der Waals surface area contributed by atoms with Gasteiger partial charge in [0.15, 0.2) is 5.78 Å². The number of halogens is 1. The van der Waals surface area contributed by atoms with Crippen molar-refractivity contribution in [3.63, 3.8) is 0 Å². The number of benzene rings is 2. The van der Waals surface area contributed by atoms with E-state index in [0.29, 0.717) is 54.4 Å². The molecule has 2 aliphatic rings. The number of Topliss-reactive ketones (excluding diaryl/α,β-unsaturated/α-hetero) is 1. The van der Waals surface area contributed by atoms with Gasteiger partial charge in [0, 0.05) is 56.6 Å². The molecule has 0 aliphatic carbocycles. The summed E-state index contributed by atoms with van der Waals surface area (Å²) in [4.78, 5) is 39.4. The Hall–Kier alpha value is -3.62. The number of amides is 2. The molecule has 2 amide bonds. The van der Waals surface area contributed by atoms with Crippen molar-refractivity contribution in [2.75, 3.05) is 32.6 Å². The van der Waals surface area contributed by atoms with Crippen molar-refractivity contribution < 1.29 is 33.0 Å². The summed E-state index contributed by atoms with van der Waals surface area (Å²) < 4.78 is 29.9. The summed E-state index contributed by atoms with van der Waals surface area (Å²) in [7, 11) is 3.03. The van der Waals surface area contributed by atoms with E-state index in [1.165, 1.54) is 38.5 Å². The molecule has 9 heteroatoms. The predicted molar refractivity (Wildman–Crippen MR) is 122 cm³/mol. The van der Waals surface area contributed by atoms with Gasteiger partial charge in [-0.05, 0) is 24.3 Å². The van der Waals surface area contributed by atoms with Crippen LogP contribution in [0.15, 0.2) is 36.4 Å². The number of methoxy groups -OCH3 is 2. The smallest absolute Gasteiger partial charge is 0.224 e. The molecule has 8 nitrogen and oxygen atoms in total. The minimum atomic E-state index is -0.682. The van der Waals surface area contributed by atoms with E-state index in [0.717, 1.165) is 0 Å². The Bertz CT molecular complexity index is 1090. The van der Waals surface area contributed by atoms with E-state index in [2.05, 4.69) is 5.32 Å². The minimum Gasteiger partial charge on any atom is -0.496 e. The number of hydrogen-bond donors (Lipinski definition) is 1. The maximum atomic E-state index is 13.0. The molecule has 0 unspecified atom stereocenters. The molecule has 4 rings (SSSR count). The van der Waals surface area contributed by atoms with Crippen LogP contribution in [0.3, 0.4) is 0 Å². The third kappa shape index (κ3) is 4.98. The van der Waals surface area contributed by atoms with Crippen molar-refractivity contribution in [2.45, 2.75) is 37.7 Å². The lowest BCUT2D eigenvalue weighted by Gasteiger charge is -2.44. The number of hydrogen-bond acceptors (Lipinski definition) is 6. The summed E-state index contributed by atoms with van der Waals surface area (Å²) in [5.74, 6) is 0.501. The van der Waals surface area contributed by atoms with Gasteiger partial charge in [-0.2, -0.15) is 0 Å². The molecule has 34 heavy (non-hydrogen) atoms. The van der Waals surface area contributed by atoms with Crippen LogP contribution in [0, 0.1) is 5.82 Å². The molecule has 1 N–H and O–H groups in total. The average molecular weight is 470 g/mol. The second-order valence-corrected chi connectivity index (χ2v) is 8.52. The lowest BCUT2D eigenvalue weighted by Crippen LogP contribution is -2.52. The van der Waals surface area contributed by atoms with E-state index in [9.17, 15) is 18.8 Å². The first-order valence-electron chi connectivity index (χ1n) is 11.1. The zero-order valence-electron chi connectivity index (χ0n) is 19.2. The molecule has 0 atom stereocenters. The standard InChI is InChI=1S/C25H27FN2O6/c1-32-18-13-20(33-2)24-19(29)15-25(34-21(24)14-18)9-11-28(12-10-25)23(31)8-7-22(30)27-17-5-3-16(26)4-6-17/h3-6,13-14H,7-12,15H2,1-2H3,(H,27,30). The monoisotopic (exact) mass is 470 g/mol. The Morgan fingerprint density at radius 1 is 1.09 bits per heavy atom. The van der Waals surface area contributed by atoms with Crippen LogP contribution in [0.2, 0.25) is 0 Å². The first kappa shape index (κ1) is 23.5. The molecule has 1 saturated heterocycles. The summed E-state index contributed by atoms with van der Waals surface area (Å²) in [5, 5.41) is 2.65. The largest absolute Gasteiger partial charge is 0.496 e. The molecule has 0 bridgehead atoms. The van der Waals surface area contributed by atoms with Gasteiger partial charge in [0.05, 0.1) is 20.6 Å². The van der Waals surface area contributed by atoms with E-state index in [4.69, 9.17) is 14.2 Å². The quantitative estimate of drug-likeness (QED) is 0.694. The van der Waals surface area contributed by atoms with Gasteiger partial charge >= 0.3 is 0 Å². The van der Waals surface area contributed by atoms with Gasteiger partial charge in [-0.25, -0.2) is 4.39 Å². The van der Waals surface area contributed by atoms with Crippen LogP contribution in [-0.4, -0.2) is 55.4 Å². The molecular formula is C25H27FN2O6. The number of carbonyl (C=O) groups excluding carboxylic acids is 3. The summed E-state index contributed by atoms with van der Waals surface area (Å²) >= 11 is 0. The van der Waals surface area contributed by atoms with Crippen molar-refractivity contribution in [2.24, 2.45) is 0 Å². The first-order valence-corrected chi connectivity index (χ1v) is 11.1. The fourth-order valence-corrected chi connectivity index (χ4v) is 4.43. The number of carbonyl (C=O) groups is 3. The number of rotatable bonds is 6. The van der Waals surface area contributed by atoms with Crippen molar-refractivity contribution in [1.82, 2.24) is 4.90 Å². The van der Waals surface area contributed by atoms with Crippen LogP contribution in [0.5, 0.6) is 17.2 Å². The highest BCUT2D eigenvalue weighted by Crippen LogP contribution is 2.44. The normalized spacial score (nSPS) is 16.4. The Kier molecular flexibility index (Phi) is 6.72. The zero-order valence-corrected chi connectivity index (χ0v) is 19.2. The fourth-order valence-electron chi connectivity index (χ4n) is 4.43. The lowest BCUT2D eigenvalue weighted by molar-refractivity contribution is -0.136. The Morgan fingerprint density at radius 3 is 2.44 bits per heavy atom. The predicted octanol–water partition coefficient (Wildman–Crippen LogP) is 3.59. The topological polar surface area (TPSA) is 94.2 Å². The number of nitrogens with one attached hydrogen (secondary N) is 1. The molecule has 0 radical (unpaired) electrons. The van der Waals surface area contributed by atoms with Gasteiger partial charge in [0.2, 0.25) is 11.8 Å². The Balaban J connectivity index is 1.33. The van der Waals surface area contributed by atoms with Gasteiger partial charge in [-0.1, -0.05) is 0 Å². The molecule has 180 valence electrons. The van der Waals surface area contributed by atoms with E-state index in [-0.39, 0.29) is 42.7 Å². The van der Waals surface area contributed by atoms with E-state index < -0.39 is 5.60 Å². The highest BCUT2D eigenvalue weighted by Gasteiger charge is 2.44. The molecule has 0 saturated carbocycles. The molecule has 2 aliphatic heterocycles. The fraction of sp³-hybridized carbons (Fsp3) is 0.400. The second kappa shape index (κ2) is 9.70. The third-order valence-electron chi connectivity index (χ3n) is 6.30.